The highest BCUT2D eigenvalue weighted by Crippen LogP contribution is 2.34. The van der Waals surface area contributed by atoms with Crippen molar-refractivity contribution >= 4 is 50.5 Å². The third-order valence-corrected chi connectivity index (χ3v) is 6.73. The number of carbonyl (C=O) groups excluding carboxylic acids is 1. The molecule has 1 aromatic heterocycles. The Kier molecular flexibility index (Phi) is 9.70. The molecule has 0 aliphatic heterocycles. The molecule has 1 unspecified atom stereocenters. The molecule has 1 N–H and O–H groups in total. The third-order valence-electron chi connectivity index (χ3n) is 5.12. The average Bonchev–Trinajstić information content (AvgIpc) is 3.32. The van der Waals surface area contributed by atoms with Crippen LogP contribution in [0.2, 0.25) is 0 Å². The molecule has 1 fully saturated rings. The van der Waals surface area contributed by atoms with Crippen molar-refractivity contribution in [3.8, 4) is 0 Å². The van der Waals surface area contributed by atoms with E-state index < -0.39 is 22.5 Å². The lowest BCUT2D eigenvalue weighted by Gasteiger charge is -2.23. The molecule has 1 aliphatic carbocycles. The van der Waals surface area contributed by atoms with Gasteiger partial charge in [0.25, 0.3) is 5.13 Å². The number of hydrogen-bond donors (Lipinski definition) is 1. The number of esters is 1. The number of hydrogen-bond acceptors (Lipinski definition) is 9. The standard InChI is InChI=1S/C22H25F3N6O3S2/c1-3-12-31(13-4-2)15-10-11-17(18(14-15)30-36(33)22(23,24)25)26-28-21-29-27-19(35-21)20(32)34-16-8-6-5-7-9-16/h3-4,10-11,14,16,30H,1-2,5-9,12-13H2. The Bertz CT molecular complexity index is 1120. The van der Waals surface area contributed by atoms with Crippen molar-refractivity contribution in [2.24, 2.45) is 10.2 Å². The predicted octanol–water partition coefficient (Wildman–Crippen LogP) is 6.22. The summed E-state index contributed by atoms with van der Waals surface area (Å²) in [6, 6.07) is 4.42. The largest absolute Gasteiger partial charge is 0.490 e. The van der Waals surface area contributed by atoms with Gasteiger partial charge in [0, 0.05) is 18.8 Å². The first-order chi connectivity index (χ1) is 17.2. The molecular formula is C22H25F3N6O3S2. The van der Waals surface area contributed by atoms with Gasteiger partial charge in [0.05, 0.1) is 5.69 Å². The Hall–Kier alpha value is -3.13. The number of anilines is 2. The highest BCUT2D eigenvalue weighted by Gasteiger charge is 2.38. The summed E-state index contributed by atoms with van der Waals surface area (Å²) in [5.41, 5.74) is -4.64. The minimum atomic E-state index is -4.99. The Morgan fingerprint density at radius 2 is 1.89 bits per heavy atom. The first-order valence-corrected chi connectivity index (χ1v) is 13.0. The van der Waals surface area contributed by atoms with Gasteiger partial charge in [0.15, 0.2) is 0 Å². The fraction of sp³-hybridized carbons (Fsp3) is 0.409. The summed E-state index contributed by atoms with van der Waals surface area (Å²) in [5, 5.41) is 15.4. The Labute approximate surface area is 212 Å². The van der Waals surface area contributed by atoms with Gasteiger partial charge in [-0.3, -0.25) is 4.72 Å². The van der Waals surface area contributed by atoms with Crippen LogP contribution in [0, 0.1) is 0 Å². The van der Waals surface area contributed by atoms with E-state index in [0.29, 0.717) is 18.8 Å². The molecule has 0 saturated heterocycles. The van der Waals surface area contributed by atoms with Gasteiger partial charge in [-0.05, 0) is 43.9 Å². The van der Waals surface area contributed by atoms with Crippen LogP contribution in [0.1, 0.15) is 41.9 Å². The molecule has 2 aromatic rings. The maximum absolute atomic E-state index is 13.0. The lowest BCUT2D eigenvalue weighted by atomic mass is 9.98. The number of azo groups is 1. The van der Waals surface area contributed by atoms with Gasteiger partial charge < -0.3 is 9.64 Å². The van der Waals surface area contributed by atoms with Crippen molar-refractivity contribution in [3.05, 3.63) is 48.5 Å². The SMILES string of the molecule is C=CCN(CC=C)c1ccc(N=Nc2nnc(C(=O)OC3CCCCC3)s2)c(NS(=O)C(F)(F)F)c1. The third kappa shape index (κ3) is 7.68. The van der Waals surface area contributed by atoms with E-state index >= 15 is 0 Å². The fourth-order valence-corrected chi connectivity index (χ4v) is 4.49. The number of aromatic nitrogens is 2. The Balaban J connectivity index is 1.81. The number of rotatable bonds is 11. The van der Waals surface area contributed by atoms with E-state index in [1.807, 2.05) is 4.72 Å². The van der Waals surface area contributed by atoms with Gasteiger partial charge in [-0.1, -0.05) is 29.9 Å². The number of ether oxygens (including phenoxy) is 1. The van der Waals surface area contributed by atoms with Crippen LogP contribution in [0.4, 0.5) is 35.4 Å². The molecule has 1 heterocycles. The van der Waals surface area contributed by atoms with Gasteiger partial charge in [-0.25, -0.2) is 9.00 Å². The number of halogens is 3. The molecule has 36 heavy (non-hydrogen) atoms. The number of nitrogens with zero attached hydrogens (tertiary/aromatic N) is 5. The monoisotopic (exact) mass is 542 g/mol. The van der Waals surface area contributed by atoms with Crippen LogP contribution in [0.5, 0.6) is 0 Å². The molecule has 1 aliphatic rings. The molecule has 1 saturated carbocycles. The van der Waals surface area contributed by atoms with E-state index in [0.717, 1.165) is 43.4 Å². The van der Waals surface area contributed by atoms with Crippen molar-refractivity contribution in [3.63, 3.8) is 0 Å². The van der Waals surface area contributed by atoms with Gasteiger partial charge in [0.2, 0.25) is 16.0 Å². The Morgan fingerprint density at radius 3 is 2.53 bits per heavy atom. The van der Waals surface area contributed by atoms with E-state index in [9.17, 15) is 22.2 Å². The quantitative estimate of drug-likeness (QED) is 0.205. The highest BCUT2D eigenvalue weighted by atomic mass is 32.2. The van der Waals surface area contributed by atoms with E-state index in [2.05, 4.69) is 33.6 Å². The zero-order chi connectivity index (χ0) is 26.1. The maximum atomic E-state index is 13.0. The molecule has 14 heteroatoms. The summed E-state index contributed by atoms with van der Waals surface area (Å²) in [6.45, 7) is 8.15. The summed E-state index contributed by atoms with van der Waals surface area (Å²) in [4.78, 5) is 14.1. The van der Waals surface area contributed by atoms with Crippen molar-refractivity contribution < 1.29 is 26.9 Å². The second-order valence-corrected chi connectivity index (χ2v) is 9.92. The lowest BCUT2D eigenvalue weighted by Crippen LogP contribution is -2.24. The lowest BCUT2D eigenvalue weighted by molar-refractivity contribution is -0.0379. The van der Waals surface area contributed by atoms with Gasteiger partial charge in [-0.15, -0.1) is 33.6 Å². The van der Waals surface area contributed by atoms with Crippen molar-refractivity contribution in [1.82, 2.24) is 10.2 Å². The molecule has 1 aromatic carbocycles. The number of alkyl halides is 3. The van der Waals surface area contributed by atoms with E-state index in [-0.39, 0.29) is 27.6 Å². The van der Waals surface area contributed by atoms with Gasteiger partial charge in [0.1, 0.15) is 11.8 Å². The molecule has 3 rings (SSSR count). The van der Waals surface area contributed by atoms with Gasteiger partial charge >= 0.3 is 11.5 Å². The van der Waals surface area contributed by atoms with E-state index in [4.69, 9.17) is 4.74 Å². The maximum Gasteiger partial charge on any atom is 0.490 e. The Morgan fingerprint density at radius 1 is 1.19 bits per heavy atom. The minimum Gasteiger partial charge on any atom is -0.457 e. The summed E-state index contributed by atoms with van der Waals surface area (Å²) in [6.07, 6.45) is 7.84. The molecule has 194 valence electrons. The van der Waals surface area contributed by atoms with Crippen LogP contribution in [0.25, 0.3) is 0 Å². The second kappa shape index (κ2) is 12.7. The van der Waals surface area contributed by atoms with Crippen LogP contribution in [0.3, 0.4) is 0 Å². The summed E-state index contributed by atoms with van der Waals surface area (Å²) in [5.74, 6) is -0.599. The van der Waals surface area contributed by atoms with Crippen LogP contribution < -0.4 is 9.62 Å². The smallest absolute Gasteiger partial charge is 0.457 e. The van der Waals surface area contributed by atoms with Crippen molar-refractivity contribution in [2.45, 2.75) is 43.7 Å². The molecule has 9 nitrogen and oxygen atoms in total. The van der Waals surface area contributed by atoms with Gasteiger partial charge in [-0.2, -0.15) is 13.2 Å². The van der Waals surface area contributed by atoms with E-state index in [1.54, 1.807) is 23.1 Å². The number of nitrogens with one attached hydrogen (secondary N) is 1. The van der Waals surface area contributed by atoms with Crippen LogP contribution in [0.15, 0.2) is 53.7 Å². The molecule has 1 atom stereocenters. The molecule has 0 bridgehead atoms. The van der Waals surface area contributed by atoms with Crippen LogP contribution in [-0.4, -0.2) is 45.1 Å². The van der Waals surface area contributed by atoms with Crippen LogP contribution >= 0.6 is 11.3 Å². The first-order valence-electron chi connectivity index (χ1n) is 11.0. The second-order valence-electron chi connectivity index (χ2n) is 7.76. The van der Waals surface area contributed by atoms with Crippen molar-refractivity contribution in [1.29, 1.82) is 0 Å². The first kappa shape index (κ1) is 27.5. The number of benzene rings is 1. The van der Waals surface area contributed by atoms with E-state index in [1.165, 1.54) is 12.1 Å². The molecule has 0 spiro atoms. The zero-order valence-electron chi connectivity index (χ0n) is 19.2. The molecule has 0 radical (unpaired) electrons. The summed E-state index contributed by atoms with van der Waals surface area (Å²) >= 11 is 0.846. The zero-order valence-corrected chi connectivity index (χ0v) is 20.9. The normalized spacial score (nSPS) is 15.4. The van der Waals surface area contributed by atoms with Crippen molar-refractivity contribution in [2.75, 3.05) is 22.7 Å². The molecule has 0 amide bonds. The average molecular weight is 543 g/mol. The molecular weight excluding hydrogens is 517 g/mol. The minimum absolute atomic E-state index is 0.00545. The topological polar surface area (TPSA) is 109 Å². The number of carbonyl (C=O) groups is 1. The van der Waals surface area contributed by atoms with Crippen LogP contribution in [-0.2, 0) is 15.7 Å². The summed E-state index contributed by atoms with van der Waals surface area (Å²) in [7, 11) is -3.38. The highest BCUT2D eigenvalue weighted by molar-refractivity contribution is 7.87. The summed E-state index contributed by atoms with van der Waals surface area (Å²) < 4.78 is 58.0. The fourth-order valence-electron chi connectivity index (χ4n) is 3.46. The predicted molar refractivity (Wildman–Crippen MR) is 133 cm³/mol.